The lowest BCUT2D eigenvalue weighted by Gasteiger charge is -2.22. The molecule has 134 valence electrons. The van der Waals surface area contributed by atoms with Gasteiger partial charge in [0.25, 0.3) is 0 Å². The zero-order valence-corrected chi connectivity index (χ0v) is 15.4. The number of aliphatic imine (C=N–C) groups is 1. The van der Waals surface area contributed by atoms with Gasteiger partial charge in [-0.25, -0.2) is 0 Å². The van der Waals surface area contributed by atoms with Crippen molar-refractivity contribution in [3.63, 3.8) is 0 Å². The summed E-state index contributed by atoms with van der Waals surface area (Å²) in [7, 11) is 1.99. The normalized spacial score (nSPS) is 25.6. The van der Waals surface area contributed by atoms with Crippen LogP contribution in [0.1, 0.15) is 38.2 Å². The molecule has 3 heterocycles. The number of hydrogen-bond acceptors (Lipinski definition) is 3. The second-order valence-electron chi connectivity index (χ2n) is 7.12. The predicted octanol–water partition coefficient (Wildman–Crippen LogP) is 1.52. The molecular formula is C18H32N6. The van der Waals surface area contributed by atoms with Crippen LogP contribution in [0.15, 0.2) is 17.4 Å². The van der Waals surface area contributed by atoms with Crippen LogP contribution in [0.5, 0.6) is 0 Å². The van der Waals surface area contributed by atoms with Gasteiger partial charge in [0.2, 0.25) is 0 Å². The molecular weight excluding hydrogens is 300 g/mol. The standard InChI is InChI=1S/C18H32N6/c1-4-19-18(20-10-15-6-8-23(5-2)12-15)24-9-7-16(14-24)17-11-21-22(3)13-17/h11,13,15-16H,4-10,12,14H2,1-3H3,(H,19,20). The third kappa shape index (κ3) is 4.09. The molecule has 1 aromatic rings. The number of hydrogen-bond donors (Lipinski definition) is 1. The van der Waals surface area contributed by atoms with E-state index in [2.05, 4.69) is 40.3 Å². The van der Waals surface area contributed by atoms with Crippen LogP contribution >= 0.6 is 0 Å². The first-order valence-electron chi connectivity index (χ1n) is 9.43. The summed E-state index contributed by atoms with van der Waals surface area (Å²) in [6.07, 6.45) is 6.63. The number of nitrogens with one attached hydrogen (secondary N) is 1. The van der Waals surface area contributed by atoms with Crippen LogP contribution in [-0.2, 0) is 7.05 Å². The van der Waals surface area contributed by atoms with Gasteiger partial charge in [-0.15, -0.1) is 0 Å². The van der Waals surface area contributed by atoms with Crippen molar-refractivity contribution in [1.29, 1.82) is 0 Å². The van der Waals surface area contributed by atoms with E-state index in [4.69, 9.17) is 4.99 Å². The lowest BCUT2D eigenvalue weighted by atomic mass is 10.0. The molecule has 24 heavy (non-hydrogen) atoms. The molecule has 6 nitrogen and oxygen atoms in total. The molecule has 1 aromatic heterocycles. The number of likely N-dealkylation sites (tertiary alicyclic amines) is 2. The summed E-state index contributed by atoms with van der Waals surface area (Å²) in [6.45, 7) is 12.0. The maximum atomic E-state index is 4.96. The maximum absolute atomic E-state index is 4.96. The number of nitrogens with zero attached hydrogens (tertiary/aromatic N) is 5. The smallest absolute Gasteiger partial charge is 0.193 e. The summed E-state index contributed by atoms with van der Waals surface area (Å²) in [5, 5.41) is 7.81. The van der Waals surface area contributed by atoms with Crippen molar-refractivity contribution in [3.8, 4) is 0 Å². The minimum atomic E-state index is 0.574. The zero-order valence-electron chi connectivity index (χ0n) is 15.4. The number of aryl methyl sites for hydroxylation is 1. The summed E-state index contributed by atoms with van der Waals surface area (Å²) < 4.78 is 1.90. The maximum Gasteiger partial charge on any atom is 0.193 e. The molecule has 0 aromatic carbocycles. The molecule has 3 rings (SSSR count). The fraction of sp³-hybridized carbons (Fsp3) is 0.778. The number of guanidine groups is 1. The van der Waals surface area contributed by atoms with Crippen LogP contribution in [0.25, 0.3) is 0 Å². The molecule has 2 saturated heterocycles. The van der Waals surface area contributed by atoms with Gasteiger partial charge in [-0.3, -0.25) is 9.67 Å². The van der Waals surface area contributed by atoms with Crippen molar-refractivity contribution in [2.45, 2.75) is 32.6 Å². The van der Waals surface area contributed by atoms with E-state index in [-0.39, 0.29) is 0 Å². The molecule has 1 N–H and O–H groups in total. The van der Waals surface area contributed by atoms with Crippen molar-refractivity contribution in [2.75, 3.05) is 45.8 Å². The fourth-order valence-electron chi connectivity index (χ4n) is 3.87. The Balaban J connectivity index is 1.58. The van der Waals surface area contributed by atoms with Crippen LogP contribution in [0.3, 0.4) is 0 Å². The third-order valence-electron chi connectivity index (χ3n) is 5.34. The van der Waals surface area contributed by atoms with Gasteiger partial charge in [-0.1, -0.05) is 6.92 Å². The summed E-state index contributed by atoms with van der Waals surface area (Å²) >= 11 is 0. The van der Waals surface area contributed by atoms with Gasteiger partial charge in [0.05, 0.1) is 6.20 Å². The van der Waals surface area contributed by atoms with Gasteiger partial charge in [0.15, 0.2) is 5.96 Å². The highest BCUT2D eigenvalue weighted by molar-refractivity contribution is 5.80. The highest BCUT2D eigenvalue weighted by Crippen LogP contribution is 2.26. The molecule has 6 heteroatoms. The molecule has 0 amide bonds. The van der Waals surface area contributed by atoms with Crippen LogP contribution < -0.4 is 5.32 Å². The van der Waals surface area contributed by atoms with Crippen molar-refractivity contribution in [2.24, 2.45) is 18.0 Å². The van der Waals surface area contributed by atoms with E-state index >= 15 is 0 Å². The van der Waals surface area contributed by atoms with Crippen molar-refractivity contribution in [3.05, 3.63) is 18.0 Å². The van der Waals surface area contributed by atoms with Crippen LogP contribution in [0.2, 0.25) is 0 Å². The molecule has 2 atom stereocenters. The Morgan fingerprint density at radius 1 is 1.29 bits per heavy atom. The van der Waals surface area contributed by atoms with E-state index in [0.717, 1.165) is 38.1 Å². The van der Waals surface area contributed by atoms with Crippen molar-refractivity contribution in [1.82, 2.24) is 24.9 Å². The van der Waals surface area contributed by atoms with Gasteiger partial charge in [0.1, 0.15) is 0 Å². The first-order chi connectivity index (χ1) is 11.7. The van der Waals surface area contributed by atoms with Gasteiger partial charge in [-0.2, -0.15) is 5.10 Å². The molecule has 2 fully saturated rings. The minimum absolute atomic E-state index is 0.574. The molecule has 0 spiro atoms. The monoisotopic (exact) mass is 332 g/mol. The van der Waals surface area contributed by atoms with E-state index in [0.29, 0.717) is 5.92 Å². The summed E-state index contributed by atoms with van der Waals surface area (Å²) in [5.41, 5.74) is 1.35. The first-order valence-corrected chi connectivity index (χ1v) is 9.43. The number of aromatic nitrogens is 2. The van der Waals surface area contributed by atoms with Crippen LogP contribution in [-0.4, -0.2) is 71.4 Å². The van der Waals surface area contributed by atoms with Crippen LogP contribution in [0, 0.1) is 5.92 Å². The highest BCUT2D eigenvalue weighted by atomic mass is 15.3. The Kier molecular flexibility index (Phi) is 5.76. The minimum Gasteiger partial charge on any atom is -0.357 e. The Labute approximate surface area is 145 Å². The van der Waals surface area contributed by atoms with Crippen LogP contribution in [0.4, 0.5) is 0 Å². The Morgan fingerprint density at radius 3 is 2.83 bits per heavy atom. The molecule has 0 aliphatic carbocycles. The molecule has 0 bridgehead atoms. The van der Waals surface area contributed by atoms with E-state index in [1.54, 1.807) is 0 Å². The van der Waals surface area contributed by atoms with Gasteiger partial charge in [0, 0.05) is 51.9 Å². The summed E-state index contributed by atoms with van der Waals surface area (Å²) in [6, 6.07) is 0. The quantitative estimate of drug-likeness (QED) is 0.656. The molecule has 2 aliphatic heterocycles. The number of rotatable bonds is 5. The van der Waals surface area contributed by atoms with Gasteiger partial charge >= 0.3 is 0 Å². The topological polar surface area (TPSA) is 48.7 Å². The molecule has 0 radical (unpaired) electrons. The molecule has 2 unspecified atom stereocenters. The predicted molar refractivity (Wildman–Crippen MR) is 98.3 cm³/mol. The van der Waals surface area contributed by atoms with E-state index in [1.165, 1.54) is 38.0 Å². The summed E-state index contributed by atoms with van der Waals surface area (Å²) in [5.74, 6) is 2.39. The largest absolute Gasteiger partial charge is 0.357 e. The Hall–Kier alpha value is -1.56. The zero-order chi connectivity index (χ0) is 16.9. The van der Waals surface area contributed by atoms with E-state index < -0.39 is 0 Å². The highest BCUT2D eigenvalue weighted by Gasteiger charge is 2.27. The second kappa shape index (κ2) is 8.01. The lowest BCUT2D eigenvalue weighted by molar-refractivity contribution is 0.343. The molecule has 2 aliphatic rings. The SMILES string of the molecule is CCNC(=NCC1CCN(CC)C1)N1CCC(c2cnn(C)c2)C1. The first kappa shape index (κ1) is 17.3. The fourth-order valence-corrected chi connectivity index (χ4v) is 3.87. The lowest BCUT2D eigenvalue weighted by Crippen LogP contribution is -2.40. The average molecular weight is 332 g/mol. The Morgan fingerprint density at radius 2 is 2.17 bits per heavy atom. The summed E-state index contributed by atoms with van der Waals surface area (Å²) in [4.78, 5) is 9.92. The average Bonchev–Trinajstić information content (AvgIpc) is 3.31. The Bertz CT molecular complexity index is 551. The van der Waals surface area contributed by atoms with Crippen molar-refractivity contribution < 1.29 is 0 Å². The van der Waals surface area contributed by atoms with Gasteiger partial charge in [-0.05, 0) is 44.3 Å². The van der Waals surface area contributed by atoms with E-state index in [9.17, 15) is 0 Å². The molecule has 0 saturated carbocycles. The second-order valence-corrected chi connectivity index (χ2v) is 7.12. The van der Waals surface area contributed by atoms with Crippen molar-refractivity contribution >= 4 is 5.96 Å². The third-order valence-corrected chi connectivity index (χ3v) is 5.34. The van der Waals surface area contributed by atoms with Gasteiger partial charge < -0.3 is 15.1 Å². The van der Waals surface area contributed by atoms with E-state index in [1.807, 2.05) is 17.9 Å².